The van der Waals surface area contributed by atoms with Gasteiger partial charge in [-0.25, -0.2) is 0 Å². The largest absolute Gasteiger partial charge is 0.480 e. The molecule has 0 heterocycles. The minimum Gasteiger partial charge on any atom is -0.480 e. The number of carboxylic acids is 1. The number of benzene rings is 4. The van der Waals surface area contributed by atoms with Gasteiger partial charge in [0.05, 0.1) is 5.54 Å². The minimum absolute atomic E-state index is 0.0177. The van der Waals surface area contributed by atoms with Gasteiger partial charge in [-0.3, -0.25) is 9.59 Å². The van der Waals surface area contributed by atoms with E-state index in [1.165, 1.54) is 0 Å². The fraction of sp³-hybridized carbons (Fsp3) is 0.189. The summed E-state index contributed by atoms with van der Waals surface area (Å²) in [4.78, 5) is 23.5. The Hall–Kier alpha value is -4.58. The van der Waals surface area contributed by atoms with Gasteiger partial charge < -0.3 is 16.6 Å². The molecule has 5 nitrogen and oxygen atoms in total. The van der Waals surface area contributed by atoms with Crippen LogP contribution in [0.15, 0.2) is 133 Å². The van der Waals surface area contributed by atoms with Crippen molar-refractivity contribution in [3.05, 3.63) is 156 Å². The lowest BCUT2D eigenvalue weighted by molar-refractivity contribution is -0.143. The minimum atomic E-state index is -1.29. The highest BCUT2D eigenvalue weighted by Crippen LogP contribution is 2.19. The fourth-order valence-electron chi connectivity index (χ4n) is 4.43. The molecule has 5 N–H and O–H groups in total. The smallest absolute Gasteiger partial charge is 0.324 e. The molecule has 5 heteroatoms. The van der Waals surface area contributed by atoms with E-state index in [0.29, 0.717) is 19.3 Å². The van der Waals surface area contributed by atoms with Crippen molar-refractivity contribution < 1.29 is 14.7 Å². The lowest BCUT2D eigenvalue weighted by Crippen LogP contribution is -2.49. The van der Waals surface area contributed by atoms with Crippen LogP contribution in [-0.4, -0.2) is 27.9 Å². The second-order valence-electron chi connectivity index (χ2n) is 10.5. The summed E-state index contributed by atoms with van der Waals surface area (Å²) >= 11 is 0. The molecule has 0 fully saturated rings. The predicted molar refractivity (Wildman–Crippen MR) is 173 cm³/mol. The van der Waals surface area contributed by atoms with E-state index in [2.05, 4.69) is 0 Å². The van der Waals surface area contributed by atoms with E-state index >= 15 is 0 Å². The van der Waals surface area contributed by atoms with Crippen molar-refractivity contribution >= 4 is 23.9 Å². The molecule has 0 radical (unpaired) electrons. The summed E-state index contributed by atoms with van der Waals surface area (Å²) in [6, 6.07) is 39.1. The van der Waals surface area contributed by atoms with Crippen LogP contribution in [0.2, 0.25) is 0 Å². The second kappa shape index (κ2) is 16.0. The molecule has 0 aliphatic carbocycles. The van der Waals surface area contributed by atoms with Crippen molar-refractivity contribution in [2.24, 2.45) is 11.5 Å². The Morgan fingerprint density at radius 1 is 0.595 bits per heavy atom. The van der Waals surface area contributed by atoms with Gasteiger partial charge in [-0.1, -0.05) is 146 Å². The van der Waals surface area contributed by atoms with Crippen LogP contribution >= 0.6 is 0 Å². The maximum Gasteiger partial charge on any atom is 0.324 e. The molecule has 0 spiro atoms. The Labute approximate surface area is 249 Å². The normalized spacial score (nSPS) is 14.0. The van der Waals surface area contributed by atoms with Gasteiger partial charge in [0.1, 0.15) is 11.3 Å². The van der Waals surface area contributed by atoms with Crippen molar-refractivity contribution in [1.29, 1.82) is 0 Å². The van der Waals surface area contributed by atoms with Crippen LogP contribution < -0.4 is 11.5 Å². The summed E-state index contributed by atoms with van der Waals surface area (Å²) in [5.41, 5.74) is 14.5. The number of aliphatic carboxylic acids is 1. The van der Waals surface area contributed by atoms with Crippen molar-refractivity contribution in [2.45, 2.75) is 43.7 Å². The van der Waals surface area contributed by atoms with Crippen LogP contribution in [0.25, 0.3) is 12.2 Å². The van der Waals surface area contributed by atoms with Crippen molar-refractivity contribution in [3.8, 4) is 0 Å². The molecule has 0 unspecified atom stereocenters. The third-order valence-corrected chi connectivity index (χ3v) is 7.04. The molecule has 42 heavy (non-hydrogen) atoms. The van der Waals surface area contributed by atoms with Crippen LogP contribution in [-0.2, 0) is 22.4 Å². The first-order chi connectivity index (χ1) is 20.2. The molecule has 0 aromatic heterocycles. The van der Waals surface area contributed by atoms with E-state index in [4.69, 9.17) is 11.5 Å². The quantitative estimate of drug-likeness (QED) is 0.178. The van der Waals surface area contributed by atoms with E-state index in [0.717, 1.165) is 22.3 Å². The Morgan fingerprint density at radius 2 is 0.929 bits per heavy atom. The molecular weight excluding hydrogens is 520 g/mol. The van der Waals surface area contributed by atoms with E-state index < -0.39 is 17.0 Å². The molecule has 4 aromatic carbocycles. The molecule has 0 saturated heterocycles. The zero-order valence-electron chi connectivity index (χ0n) is 24.1. The number of rotatable bonds is 12. The van der Waals surface area contributed by atoms with Gasteiger partial charge in [-0.15, -0.1) is 0 Å². The summed E-state index contributed by atoms with van der Waals surface area (Å²) < 4.78 is 0. The van der Waals surface area contributed by atoms with Crippen LogP contribution in [0.5, 0.6) is 0 Å². The molecule has 0 amide bonds. The van der Waals surface area contributed by atoms with E-state index in [-0.39, 0.29) is 12.2 Å². The van der Waals surface area contributed by atoms with Gasteiger partial charge in [0.2, 0.25) is 0 Å². The molecule has 2 atom stereocenters. The number of nitrogens with two attached hydrogens (primary N) is 2. The predicted octanol–water partition coefficient (Wildman–Crippen LogP) is 6.73. The number of ketones is 1. The molecule has 0 bridgehead atoms. The lowest BCUT2D eigenvalue weighted by atomic mass is 9.85. The summed E-state index contributed by atoms with van der Waals surface area (Å²) in [7, 11) is 0. The first-order valence-corrected chi connectivity index (χ1v) is 14.0. The first kappa shape index (κ1) is 31.9. The monoisotopic (exact) mass is 560 g/mol. The molecule has 0 aliphatic heterocycles. The zero-order valence-corrected chi connectivity index (χ0v) is 24.1. The van der Waals surface area contributed by atoms with Crippen LogP contribution in [0, 0.1) is 0 Å². The van der Waals surface area contributed by atoms with Gasteiger partial charge in [0, 0.05) is 6.42 Å². The standard InChI is InChI=1S/C19H21NO.C18H19NO2/c1-16(21)19(20,15-18-11-6-3-7-12-18)14-8-13-17-9-4-2-5-10-17;19-18(17(20)21,14-16-10-5-2-6-11-16)13-7-12-15-8-3-1-4-9-15/h2-13H,14-15,20H2,1H3;1-12H,13-14,19H2,(H,20,21)/b13-8+;12-7+/t19-;18-/m00/s1. The number of carbonyl (C=O) groups is 2. The van der Waals surface area contributed by atoms with Gasteiger partial charge in [0.25, 0.3) is 0 Å². The lowest BCUT2D eigenvalue weighted by Gasteiger charge is -2.25. The zero-order chi connectivity index (χ0) is 30.3. The number of hydrogen-bond acceptors (Lipinski definition) is 4. The highest BCUT2D eigenvalue weighted by atomic mass is 16.4. The molecule has 4 rings (SSSR count). The van der Waals surface area contributed by atoms with Gasteiger partial charge in [0.15, 0.2) is 0 Å². The number of carboxylic acid groups (broad SMARTS) is 1. The molecular formula is C37H40N2O3. The van der Waals surface area contributed by atoms with Crippen molar-refractivity contribution in [3.63, 3.8) is 0 Å². The summed E-state index contributed by atoms with van der Waals surface area (Å²) in [6.07, 6.45) is 9.40. The Morgan fingerprint density at radius 3 is 1.29 bits per heavy atom. The number of hydrogen-bond donors (Lipinski definition) is 3. The van der Waals surface area contributed by atoms with Crippen molar-refractivity contribution in [1.82, 2.24) is 0 Å². The summed E-state index contributed by atoms with van der Waals surface area (Å²) in [5.74, 6) is -0.965. The topological polar surface area (TPSA) is 106 Å². The highest BCUT2D eigenvalue weighted by Gasteiger charge is 2.33. The van der Waals surface area contributed by atoms with E-state index in [9.17, 15) is 14.7 Å². The molecule has 0 saturated carbocycles. The number of carbonyl (C=O) groups excluding carboxylic acids is 1. The third-order valence-electron chi connectivity index (χ3n) is 7.04. The maximum atomic E-state index is 12.0. The average molecular weight is 561 g/mol. The van der Waals surface area contributed by atoms with Crippen LogP contribution in [0.3, 0.4) is 0 Å². The van der Waals surface area contributed by atoms with Gasteiger partial charge in [-0.2, -0.15) is 0 Å². The Kier molecular flexibility index (Phi) is 12.2. The molecule has 4 aromatic rings. The SMILES string of the molecule is CC(=O)[C@](N)(C/C=C/c1ccccc1)Cc1ccccc1.N[C@@](C/C=C/c1ccccc1)(Cc1ccccc1)C(=O)O. The maximum absolute atomic E-state index is 12.0. The third kappa shape index (κ3) is 10.4. The van der Waals surface area contributed by atoms with Crippen molar-refractivity contribution in [2.75, 3.05) is 0 Å². The molecule has 0 aliphatic rings. The van der Waals surface area contributed by atoms with E-state index in [1.54, 1.807) is 6.92 Å². The summed E-state index contributed by atoms with van der Waals surface area (Å²) in [6.45, 7) is 1.57. The second-order valence-corrected chi connectivity index (χ2v) is 10.5. The Bertz CT molecular complexity index is 1320. The molecule has 216 valence electrons. The van der Waals surface area contributed by atoms with Crippen LogP contribution in [0.1, 0.15) is 42.0 Å². The van der Waals surface area contributed by atoms with E-state index in [1.807, 2.05) is 146 Å². The van der Waals surface area contributed by atoms with Crippen LogP contribution in [0.4, 0.5) is 0 Å². The van der Waals surface area contributed by atoms with Gasteiger partial charge in [-0.05, 0) is 48.4 Å². The fourth-order valence-corrected chi connectivity index (χ4v) is 4.43. The highest BCUT2D eigenvalue weighted by molar-refractivity contribution is 5.86. The Balaban J connectivity index is 0.000000230. The summed E-state index contributed by atoms with van der Waals surface area (Å²) in [5, 5.41) is 9.43. The van der Waals surface area contributed by atoms with Gasteiger partial charge >= 0.3 is 5.97 Å². The average Bonchev–Trinajstić information content (AvgIpc) is 2.99. The number of Topliss-reactive ketones (excluding diaryl/α,β-unsaturated/α-hetero) is 1. The first-order valence-electron chi connectivity index (χ1n) is 14.0.